The van der Waals surface area contributed by atoms with Crippen molar-refractivity contribution in [1.82, 2.24) is 15.1 Å². The van der Waals surface area contributed by atoms with E-state index in [1.54, 1.807) is 17.9 Å². The second kappa shape index (κ2) is 8.14. The molecule has 0 fully saturated rings. The van der Waals surface area contributed by atoms with Crippen LogP contribution in [0.25, 0.3) is 0 Å². The monoisotopic (exact) mass is 331 g/mol. The first-order valence-corrected chi connectivity index (χ1v) is 7.71. The van der Waals surface area contributed by atoms with Crippen molar-refractivity contribution < 1.29 is 19.4 Å². The van der Waals surface area contributed by atoms with Gasteiger partial charge in [0, 0.05) is 18.8 Å². The summed E-state index contributed by atoms with van der Waals surface area (Å²) >= 11 is 0. The topological polar surface area (TPSA) is 93.5 Å². The maximum Gasteiger partial charge on any atom is 0.407 e. The summed E-state index contributed by atoms with van der Waals surface area (Å²) in [6, 6.07) is 8.59. The molecule has 2 rings (SSSR count). The van der Waals surface area contributed by atoms with Crippen LogP contribution in [0.1, 0.15) is 36.2 Å². The fourth-order valence-corrected chi connectivity index (χ4v) is 2.44. The molecule has 1 amide bonds. The van der Waals surface area contributed by atoms with E-state index in [-0.39, 0.29) is 13.0 Å². The normalized spacial score (nSPS) is 11.8. The van der Waals surface area contributed by atoms with Gasteiger partial charge in [0.2, 0.25) is 0 Å². The smallest absolute Gasteiger partial charge is 0.407 e. The lowest BCUT2D eigenvalue weighted by Gasteiger charge is -2.17. The Balaban J connectivity index is 2.05. The average molecular weight is 331 g/mol. The van der Waals surface area contributed by atoms with Gasteiger partial charge >= 0.3 is 12.1 Å². The minimum absolute atomic E-state index is 0.125. The van der Waals surface area contributed by atoms with Crippen molar-refractivity contribution in [2.24, 2.45) is 7.05 Å². The van der Waals surface area contributed by atoms with Gasteiger partial charge in [-0.25, -0.2) is 4.79 Å². The molecular formula is C17H21N3O4. The van der Waals surface area contributed by atoms with Crippen molar-refractivity contribution in [3.05, 3.63) is 53.3 Å². The molecule has 2 aromatic rings. The number of amides is 1. The Hall–Kier alpha value is -2.83. The van der Waals surface area contributed by atoms with Crippen LogP contribution in [0.5, 0.6) is 0 Å². The van der Waals surface area contributed by atoms with Crippen molar-refractivity contribution in [3.8, 4) is 0 Å². The third kappa shape index (κ3) is 4.84. The minimum atomic E-state index is -1.01. The molecule has 1 heterocycles. The Labute approximate surface area is 140 Å². The van der Waals surface area contributed by atoms with Crippen LogP contribution < -0.4 is 5.32 Å². The van der Waals surface area contributed by atoms with Crippen molar-refractivity contribution in [3.63, 3.8) is 0 Å². The van der Waals surface area contributed by atoms with E-state index < -0.39 is 18.1 Å². The van der Waals surface area contributed by atoms with Crippen molar-refractivity contribution in [1.29, 1.82) is 0 Å². The lowest BCUT2D eigenvalue weighted by Crippen LogP contribution is -2.31. The Morgan fingerprint density at radius 3 is 2.67 bits per heavy atom. The standard InChI is InChI=1S/C17H21N3O4/c1-3-14-13(10-20(2)19-14)15(9-16(21)22)18-17(23)24-11-12-7-5-4-6-8-12/h4-8,10,15H,3,9,11H2,1-2H3,(H,18,23)(H,21,22). The zero-order valence-corrected chi connectivity index (χ0v) is 13.7. The lowest BCUT2D eigenvalue weighted by atomic mass is 10.0. The second-order valence-corrected chi connectivity index (χ2v) is 5.41. The number of hydrogen-bond acceptors (Lipinski definition) is 4. The number of aliphatic carboxylic acids is 1. The molecule has 0 saturated heterocycles. The summed E-state index contributed by atoms with van der Waals surface area (Å²) in [6.07, 6.45) is 1.48. The Bertz CT molecular complexity index is 697. The maximum absolute atomic E-state index is 12.0. The summed E-state index contributed by atoms with van der Waals surface area (Å²) in [7, 11) is 1.76. The second-order valence-electron chi connectivity index (χ2n) is 5.41. The van der Waals surface area contributed by atoms with Crippen LogP contribution in [-0.2, 0) is 29.6 Å². The predicted octanol–water partition coefficient (Wildman–Crippen LogP) is 2.42. The summed E-state index contributed by atoms with van der Waals surface area (Å²) < 4.78 is 6.78. The number of nitrogens with one attached hydrogen (secondary N) is 1. The molecule has 1 unspecified atom stereocenters. The van der Waals surface area contributed by atoms with Gasteiger partial charge in [-0.05, 0) is 12.0 Å². The third-order valence-electron chi connectivity index (χ3n) is 3.53. The Kier molecular flexibility index (Phi) is 5.95. The van der Waals surface area contributed by atoms with E-state index in [1.165, 1.54) is 0 Å². The molecule has 1 aromatic carbocycles. The lowest BCUT2D eigenvalue weighted by molar-refractivity contribution is -0.137. The highest BCUT2D eigenvalue weighted by atomic mass is 16.5. The van der Waals surface area contributed by atoms with Gasteiger partial charge in [0.15, 0.2) is 0 Å². The molecule has 1 aromatic heterocycles. The van der Waals surface area contributed by atoms with E-state index in [0.29, 0.717) is 12.0 Å². The number of carboxylic acid groups (broad SMARTS) is 1. The minimum Gasteiger partial charge on any atom is -0.481 e. The average Bonchev–Trinajstić information content (AvgIpc) is 2.94. The van der Waals surface area contributed by atoms with Crippen LogP contribution in [0.4, 0.5) is 4.79 Å². The highest BCUT2D eigenvalue weighted by Crippen LogP contribution is 2.21. The molecule has 24 heavy (non-hydrogen) atoms. The van der Waals surface area contributed by atoms with Gasteiger partial charge in [-0.15, -0.1) is 0 Å². The molecule has 2 N–H and O–H groups in total. The van der Waals surface area contributed by atoms with Gasteiger partial charge in [-0.2, -0.15) is 5.10 Å². The van der Waals surface area contributed by atoms with Gasteiger partial charge in [0.1, 0.15) is 6.61 Å². The number of rotatable bonds is 7. The van der Waals surface area contributed by atoms with Gasteiger partial charge < -0.3 is 15.2 Å². The Morgan fingerprint density at radius 2 is 2.04 bits per heavy atom. The summed E-state index contributed by atoms with van der Waals surface area (Å²) in [4.78, 5) is 23.2. The first kappa shape index (κ1) is 17.5. The summed E-state index contributed by atoms with van der Waals surface area (Å²) in [6.45, 7) is 2.05. The number of aromatic nitrogens is 2. The van der Waals surface area contributed by atoms with Crippen LogP contribution in [0.3, 0.4) is 0 Å². The number of carbonyl (C=O) groups excluding carboxylic acids is 1. The number of carbonyl (C=O) groups is 2. The quantitative estimate of drug-likeness (QED) is 0.813. The zero-order valence-electron chi connectivity index (χ0n) is 13.7. The summed E-state index contributed by atoms with van der Waals surface area (Å²) in [5, 5.41) is 16.0. The first-order valence-electron chi connectivity index (χ1n) is 7.71. The van der Waals surface area contributed by atoms with Crippen molar-refractivity contribution in [2.45, 2.75) is 32.4 Å². The van der Waals surface area contributed by atoms with E-state index in [1.807, 2.05) is 37.3 Å². The van der Waals surface area contributed by atoms with Crippen molar-refractivity contribution in [2.75, 3.05) is 0 Å². The number of benzene rings is 1. The molecule has 0 aliphatic heterocycles. The fourth-order valence-electron chi connectivity index (χ4n) is 2.44. The fraction of sp³-hybridized carbons (Fsp3) is 0.353. The van der Waals surface area contributed by atoms with E-state index in [4.69, 9.17) is 9.84 Å². The molecule has 0 aliphatic carbocycles. The third-order valence-corrected chi connectivity index (χ3v) is 3.53. The SMILES string of the molecule is CCc1nn(C)cc1C(CC(=O)O)NC(=O)OCc1ccccc1. The van der Waals surface area contributed by atoms with Crippen LogP contribution in [0.15, 0.2) is 36.5 Å². The van der Waals surface area contributed by atoms with Gasteiger partial charge in [0.05, 0.1) is 18.2 Å². The molecule has 0 saturated carbocycles. The number of aryl methyl sites for hydroxylation is 2. The molecule has 0 aliphatic rings. The molecule has 1 atom stereocenters. The van der Waals surface area contributed by atoms with Gasteiger partial charge in [0.25, 0.3) is 0 Å². The van der Waals surface area contributed by atoms with Crippen LogP contribution >= 0.6 is 0 Å². The number of ether oxygens (including phenoxy) is 1. The molecule has 0 bridgehead atoms. The van der Waals surface area contributed by atoms with Gasteiger partial charge in [-0.1, -0.05) is 37.3 Å². The summed E-state index contributed by atoms with van der Waals surface area (Å²) in [5.74, 6) is -1.01. The zero-order chi connectivity index (χ0) is 17.5. The molecule has 7 nitrogen and oxygen atoms in total. The predicted molar refractivity (Wildman–Crippen MR) is 87.3 cm³/mol. The van der Waals surface area contributed by atoms with Crippen LogP contribution in [-0.4, -0.2) is 26.9 Å². The van der Waals surface area contributed by atoms with Crippen LogP contribution in [0, 0.1) is 0 Å². The largest absolute Gasteiger partial charge is 0.481 e. The van der Waals surface area contributed by atoms with Crippen LogP contribution in [0.2, 0.25) is 0 Å². The molecular weight excluding hydrogens is 310 g/mol. The van der Waals surface area contributed by atoms with E-state index in [2.05, 4.69) is 10.4 Å². The molecule has 0 spiro atoms. The number of alkyl carbamates (subject to hydrolysis) is 1. The van der Waals surface area contributed by atoms with Crippen molar-refractivity contribution >= 4 is 12.1 Å². The van der Waals surface area contributed by atoms with E-state index >= 15 is 0 Å². The molecule has 0 radical (unpaired) electrons. The first-order chi connectivity index (χ1) is 11.5. The van der Waals surface area contributed by atoms with Gasteiger partial charge in [-0.3, -0.25) is 9.48 Å². The maximum atomic E-state index is 12.0. The Morgan fingerprint density at radius 1 is 1.33 bits per heavy atom. The molecule has 128 valence electrons. The molecule has 7 heteroatoms. The number of nitrogens with zero attached hydrogens (tertiary/aromatic N) is 2. The number of carboxylic acids is 1. The highest BCUT2D eigenvalue weighted by molar-refractivity contribution is 5.72. The van der Waals surface area contributed by atoms with E-state index in [9.17, 15) is 9.59 Å². The summed E-state index contributed by atoms with van der Waals surface area (Å²) in [5.41, 5.74) is 2.31. The van der Waals surface area contributed by atoms with E-state index in [0.717, 1.165) is 11.3 Å². The highest BCUT2D eigenvalue weighted by Gasteiger charge is 2.23. The number of hydrogen-bond donors (Lipinski definition) is 2.